The Labute approximate surface area is 162 Å². The predicted molar refractivity (Wildman–Crippen MR) is 106 cm³/mol. The number of anilines is 1. The van der Waals surface area contributed by atoms with Crippen molar-refractivity contribution in [2.45, 2.75) is 19.0 Å². The van der Waals surface area contributed by atoms with Crippen molar-refractivity contribution in [3.05, 3.63) is 71.8 Å². The van der Waals surface area contributed by atoms with Crippen LogP contribution in [0.3, 0.4) is 0 Å². The Morgan fingerprint density at radius 3 is 2.78 bits per heavy atom. The van der Waals surface area contributed by atoms with Gasteiger partial charge in [0.15, 0.2) is 16.6 Å². The number of ether oxygens (including phenoxy) is 2. The highest BCUT2D eigenvalue weighted by atomic mass is 32.1. The van der Waals surface area contributed by atoms with Crippen LogP contribution in [0.4, 0.5) is 5.69 Å². The minimum Gasteiger partial charge on any atom is -0.454 e. The Balaban J connectivity index is 1.61. The minimum absolute atomic E-state index is 0.0542. The van der Waals surface area contributed by atoms with Gasteiger partial charge in [-0.3, -0.25) is 4.98 Å². The number of nitrogens with zero attached hydrogens (tertiary/aromatic N) is 2. The van der Waals surface area contributed by atoms with Crippen molar-refractivity contribution in [3.8, 4) is 11.5 Å². The molecule has 0 amide bonds. The Kier molecular flexibility index (Phi) is 3.75. The van der Waals surface area contributed by atoms with Gasteiger partial charge in [-0.25, -0.2) is 0 Å². The molecule has 2 N–H and O–H groups in total. The van der Waals surface area contributed by atoms with Crippen molar-refractivity contribution in [1.29, 1.82) is 0 Å². The molecular formula is C20H18N4O2S. The van der Waals surface area contributed by atoms with Gasteiger partial charge in [0, 0.05) is 29.3 Å². The summed E-state index contributed by atoms with van der Waals surface area (Å²) in [6.45, 7) is 2.29. The molecule has 1 fully saturated rings. The smallest absolute Gasteiger partial charge is 0.231 e. The SMILES string of the molecule is Cc1ccc(C2C(c3ccccn3)NC(=S)N2c2ccc3c(c2)OCO3)[nH]1. The second kappa shape index (κ2) is 6.28. The van der Waals surface area contributed by atoms with Crippen LogP contribution in [0, 0.1) is 6.92 Å². The lowest BCUT2D eigenvalue weighted by molar-refractivity contribution is 0.174. The van der Waals surface area contributed by atoms with E-state index in [2.05, 4.69) is 32.3 Å². The Hall–Kier alpha value is -3.06. The highest BCUT2D eigenvalue weighted by Crippen LogP contribution is 2.44. The molecule has 2 unspecified atom stereocenters. The highest BCUT2D eigenvalue weighted by molar-refractivity contribution is 7.80. The van der Waals surface area contributed by atoms with Crippen LogP contribution in [-0.2, 0) is 0 Å². The van der Waals surface area contributed by atoms with Crippen LogP contribution < -0.4 is 19.7 Å². The number of fused-ring (bicyclic) bond motifs is 1. The van der Waals surface area contributed by atoms with E-state index >= 15 is 0 Å². The number of pyridine rings is 1. The molecule has 2 aliphatic heterocycles. The molecule has 0 radical (unpaired) electrons. The summed E-state index contributed by atoms with van der Waals surface area (Å²) in [5.74, 6) is 1.49. The Morgan fingerprint density at radius 1 is 1.11 bits per heavy atom. The molecule has 0 saturated carbocycles. The average Bonchev–Trinajstić information content (AvgIpc) is 3.39. The quantitative estimate of drug-likeness (QED) is 0.679. The van der Waals surface area contributed by atoms with Crippen molar-refractivity contribution in [3.63, 3.8) is 0 Å². The summed E-state index contributed by atoms with van der Waals surface area (Å²) < 4.78 is 11.0. The zero-order chi connectivity index (χ0) is 18.4. The van der Waals surface area contributed by atoms with Crippen LogP contribution >= 0.6 is 12.2 Å². The van der Waals surface area contributed by atoms with E-state index in [0.29, 0.717) is 5.11 Å². The molecule has 3 aromatic rings. The van der Waals surface area contributed by atoms with Crippen LogP contribution in [0.25, 0.3) is 0 Å². The molecular weight excluding hydrogens is 360 g/mol. The summed E-state index contributed by atoms with van der Waals surface area (Å²) in [7, 11) is 0. The molecule has 0 bridgehead atoms. The van der Waals surface area contributed by atoms with Gasteiger partial charge in [-0.1, -0.05) is 6.07 Å². The maximum Gasteiger partial charge on any atom is 0.231 e. The fourth-order valence-corrected chi connectivity index (χ4v) is 4.03. The summed E-state index contributed by atoms with van der Waals surface area (Å²) in [4.78, 5) is 10.1. The van der Waals surface area contributed by atoms with Gasteiger partial charge in [-0.05, 0) is 55.5 Å². The van der Waals surface area contributed by atoms with E-state index in [0.717, 1.165) is 34.3 Å². The average molecular weight is 378 g/mol. The standard InChI is InChI=1S/C20H18N4O2S/c1-12-5-7-15(22-12)19-18(14-4-2-3-9-21-14)23-20(27)24(19)13-6-8-16-17(10-13)26-11-25-16/h2-10,18-19,22H,11H2,1H3,(H,23,27). The number of rotatable bonds is 3. The van der Waals surface area contributed by atoms with Crippen LogP contribution in [0.15, 0.2) is 54.7 Å². The maximum atomic E-state index is 5.71. The highest BCUT2D eigenvalue weighted by Gasteiger charge is 2.41. The first-order valence-electron chi connectivity index (χ1n) is 8.76. The van der Waals surface area contributed by atoms with Gasteiger partial charge in [0.1, 0.15) is 6.04 Å². The summed E-state index contributed by atoms with van der Waals surface area (Å²) in [6, 6.07) is 15.9. The van der Waals surface area contributed by atoms with Gasteiger partial charge < -0.3 is 24.7 Å². The van der Waals surface area contributed by atoms with Gasteiger partial charge >= 0.3 is 0 Å². The van der Waals surface area contributed by atoms with Crippen molar-refractivity contribution >= 4 is 23.0 Å². The van der Waals surface area contributed by atoms with Gasteiger partial charge in [-0.2, -0.15) is 0 Å². The first-order valence-corrected chi connectivity index (χ1v) is 9.17. The van der Waals surface area contributed by atoms with Crippen molar-refractivity contribution in [2.75, 3.05) is 11.7 Å². The molecule has 1 aromatic carbocycles. The third kappa shape index (κ3) is 2.71. The van der Waals surface area contributed by atoms with E-state index in [9.17, 15) is 0 Å². The van der Waals surface area contributed by atoms with Gasteiger partial charge in [0.25, 0.3) is 0 Å². The third-order valence-corrected chi connectivity index (χ3v) is 5.22. The number of benzene rings is 1. The molecule has 0 spiro atoms. The molecule has 6 nitrogen and oxygen atoms in total. The van der Waals surface area contributed by atoms with E-state index in [1.165, 1.54) is 0 Å². The number of hydrogen-bond acceptors (Lipinski definition) is 4. The van der Waals surface area contributed by atoms with Crippen molar-refractivity contribution in [1.82, 2.24) is 15.3 Å². The minimum atomic E-state index is -0.0674. The molecule has 2 atom stereocenters. The molecule has 2 aromatic heterocycles. The third-order valence-electron chi connectivity index (χ3n) is 4.91. The second-order valence-electron chi connectivity index (χ2n) is 6.63. The number of aromatic amines is 1. The lowest BCUT2D eigenvalue weighted by Crippen LogP contribution is -2.29. The lowest BCUT2D eigenvalue weighted by Gasteiger charge is -2.27. The first kappa shape index (κ1) is 16.1. The molecule has 2 aliphatic rings. The zero-order valence-corrected chi connectivity index (χ0v) is 15.5. The molecule has 0 aliphatic carbocycles. The van der Waals surface area contributed by atoms with Crippen LogP contribution in [0.2, 0.25) is 0 Å². The largest absolute Gasteiger partial charge is 0.454 e. The monoisotopic (exact) mass is 378 g/mol. The fourth-order valence-electron chi connectivity index (χ4n) is 3.68. The molecule has 4 heterocycles. The number of aromatic nitrogens is 2. The topological polar surface area (TPSA) is 62.4 Å². The normalized spacial score (nSPS) is 20.8. The Morgan fingerprint density at radius 2 is 2.00 bits per heavy atom. The summed E-state index contributed by atoms with van der Waals surface area (Å²) in [6.07, 6.45) is 1.81. The molecule has 7 heteroatoms. The number of thiocarbonyl (C=S) groups is 1. The molecule has 1 saturated heterocycles. The van der Waals surface area contributed by atoms with E-state index < -0.39 is 0 Å². The van der Waals surface area contributed by atoms with Gasteiger partial charge in [0.2, 0.25) is 6.79 Å². The van der Waals surface area contributed by atoms with Crippen LogP contribution in [0.5, 0.6) is 11.5 Å². The zero-order valence-electron chi connectivity index (χ0n) is 14.7. The van der Waals surface area contributed by atoms with E-state index in [-0.39, 0.29) is 18.9 Å². The number of hydrogen-bond donors (Lipinski definition) is 2. The number of aryl methyl sites for hydroxylation is 1. The maximum absolute atomic E-state index is 5.71. The van der Waals surface area contributed by atoms with Gasteiger partial charge in [0.05, 0.1) is 11.7 Å². The Bertz CT molecular complexity index is 1000. The van der Waals surface area contributed by atoms with E-state index in [1.54, 1.807) is 6.20 Å². The van der Waals surface area contributed by atoms with E-state index in [1.807, 2.05) is 43.3 Å². The predicted octanol–water partition coefficient (Wildman–Crippen LogP) is 3.62. The van der Waals surface area contributed by atoms with E-state index in [4.69, 9.17) is 21.7 Å². The summed E-state index contributed by atoms with van der Waals surface area (Å²) >= 11 is 5.71. The number of H-pyrrole nitrogens is 1. The summed E-state index contributed by atoms with van der Waals surface area (Å²) in [5, 5.41) is 4.10. The lowest BCUT2D eigenvalue weighted by atomic mass is 10.0. The first-order chi connectivity index (χ1) is 13.2. The molecule has 136 valence electrons. The van der Waals surface area contributed by atoms with Crippen LogP contribution in [0.1, 0.15) is 29.2 Å². The van der Waals surface area contributed by atoms with Crippen molar-refractivity contribution in [2.24, 2.45) is 0 Å². The molecule has 5 rings (SSSR count). The van der Waals surface area contributed by atoms with Gasteiger partial charge in [-0.15, -0.1) is 0 Å². The van der Waals surface area contributed by atoms with Crippen LogP contribution in [-0.4, -0.2) is 21.9 Å². The molecule has 27 heavy (non-hydrogen) atoms. The van der Waals surface area contributed by atoms with Crippen molar-refractivity contribution < 1.29 is 9.47 Å². The fraction of sp³-hybridized carbons (Fsp3) is 0.200. The second-order valence-corrected chi connectivity index (χ2v) is 7.02. The number of nitrogens with one attached hydrogen (secondary N) is 2. The summed E-state index contributed by atoms with van der Waals surface area (Å²) in [5.41, 5.74) is 4.08.